The first kappa shape index (κ1) is 15.9. The zero-order chi connectivity index (χ0) is 15.2. The average Bonchev–Trinajstić information content (AvgIpc) is 2.72. The van der Waals surface area contributed by atoms with Crippen LogP contribution in [0.15, 0.2) is 24.3 Å². The first-order valence-electron chi connectivity index (χ1n) is 7.54. The summed E-state index contributed by atoms with van der Waals surface area (Å²) in [7, 11) is 0. The van der Waals surface area contributed by atoms with Gasteiger partial charge in [-0.1, -0.05) is 25.1 Å². The molecule has 1 amide bonds. The van der Waals surface area contributed by atoms with E-state index in [0.29, 0.717) is 25.1 Å². The number of benzene rings is 1. The Morgan fingerprint density at radius 3 is 2.76 bits per heavy atom. The van der Waals surface area contributed by atoms with E-state index in [9.17, 15) is 14.3 Å². The maximum atomic E-state index is 13.7. The molecule has 116 valence electrons. The van der Waals surface area contributed by atoms with Crippen LogP contribution in [0.25, 0.3) is 0 Å². The molecule has 21 heavy (non-hydrogen) atoms. The zero-order valence-electron chi connectivity index (χ0n) is 12.5. The SMILES string of the molecule is CCC(=O)N1CCCN(CC(O)c2ccccc2F)CC1. The van der Waals surface area contributed by atoms with E-state index in [1.54, 1.807) is 18.2 Å². The number of hydrogen-bond donors (Lipinski definition) is 1. The van der Waals surface area contributed by atoms with Crippen molar-refractivity contribution in [3.63, 3.8) is 0 Å². The first-order chi connectivity index (χ1) is 10.1. The molecule has 1 aliphatic rings. The summed E-state index contributed by atoms with van der Waals surface area (Å²) in [5.41, 5.74) is 0.336. The quantitative estimate of drug-likeness (QED) is 0.921. The Morgan fingerprint density at radius 2 is 2.05 bits per heavy atom. The van der Waals surface area contributed by atoms with E-state index in [1.807, 2.05) is 11.8 Å². The minimum absolute atomic E-state index is 0.173. The van der Waals surface area contributed by atoms with Crippen molar-refractivity contribution in [2.24, 2.45) is 0 Å². The molecule has 1 heterocycles. The number of carbonyl (C=O) groups excluding carboxylic acids is 1. The number of hydrogen-bond acceptors (Lipinski definition) is 3. The lowest BCUT2D eigenvalue weighted by Gasteiger charge is -2.24. The minimum atomic E-state index is -0.834. The van der Waals surface area contributed by atoms with Gasteiger partial charge >= 0.3 is 0 Å². The van der Waals surface area contributed by atoms with Gasteiger partial charge in [-0.2, -0.15) is 0 Å². The number of β-amino-alcohol motifs (C(OH)–C–C–N with tert-alkyl or cyclic N) is 1. The van der Waals surface area contributed by atoms with Gasteiger partial charge in [0, 0.05) is 44.7 Å². The first-order valence-corrected chi connectivity index (χ1v) is 7.54. The van der Waals surface area contributed by atoms with Crippen LogP contribution in [0, 0.1) is 5.82 Å². The second-order valence-corrected chi connectivity index (χ2v) is 5.43. The largest absolute Gasteiger partial charge is 0.387 e. The van der Waals surface area contributed by atoms with Crippen LogP contribution in [-0.4, -0.2) is 53.5 Å². The van der Waals surface area contributed by atoms with E-state index >= 15 is 0 Å². The molecule has 1 N–H and O–H groups in total. The van der Waals surface area contributed by atoms with Crippen LogP contribution < -0.4 is 0 Å². The summed E-state index contributed by atoms with van der Waals surface area (Å²) in [4.78, 5) is 15.7. The lowest BCUT2D eigenvalue weighted by atomic mass is 10.1. The van der Waals surface area contributed by atoms with Gasteiger partial charge in [-0.15, -0.1) is 0 Å². The Labute approximate surface area is 125 Å². The van der Waals surface area contributed by atoms with E-state index in [-0.39, 0.29) is 11.7 Å². The third kappa shape index (κ3) is 4.25. The average molecular weight is 294 g/mol. The van der Waals surface area contributed by atoms with Gasteiger partial charge in [0.15, 0.2) is 0 Å². The number of amides is 1. The molecule has 4 nitrogen and oxygen atoms in total. The van der Waals surface area contributed by atoms with Gasteiger partial charge in [0.25, 0.3) is 0 Å². The Balaban J connectivity index is 1.92. The van der Waals surface area contributed by atoms with Gasteiger partial charge in [-0.25, -0.2) is 4.39 Å². The molecule has 1 atom stereocenters. The normalized spacial score (nSPS) is 18.3. The number of rotatable bonds is 4. The number of halogens is 1. The van der Waals surface area contributed by atoms with Crippen LogP contribution >= 0.6 is 0 Å². The molecule has 0 spiro atoms. The topological polar surface area (TPSA) is 43.8 Å². The molecule has 5 heteroatoms. The van der Waals surface area contributed by atoms with Crippen molar-refractivity contribution in [1.29, 1.82) is 0 Å². The highest BCUT2D eigenvalue weighted by atomic mass is 19.1. The molecule has 0 aliphatic carbocycles. The molecular formula is C16H23FN2O2. The summed E-state index contributed by atoms with van der Waals surface area (Å²) < 4.78 is 13.7. The maximum absolute atomic E-state index is 13.7. The second kappa shape index (κ2) is 7.52. The highest BCUT2D eigenvalue weighted by Gasteiger charge is 2.21. The number of carbonyl (C=O) groups is 1. The van der Waals surface area contributed by atoms with Crippen molar-refractivity contribution in [1.82, 2.24) is 9.80 Å². The van der Waals surface area contributed by atoms with E-state index < -0.39 is 6.10 Å². The molecule has 0 saturated carbocycles. The van der Waals surface area contributed by atoms with Gasteiger partial charge in [-0.3, -0.25) is 9.69 Å². The summed E-state index contributed by atoms with van der Waals surface area (Å²) in [5, 5.41) is 10.2. The molecule has 2 rings (SSSR count). The summed E-state index contributed by atoms with van der Waals surface area (Å²) >= 11 is 0. The zero-order valence-corrected chi connectivity index (χ0v) is 12.5. The van der Waals surface area contributed by atoms with Crippen LogP contribution in [-0.2, 0) is 4.79 Å². The number of nitrogens with zero attached hydrogens (tertiary/aromatic N) is 2. The predicted molar refractivity (Wildman–Crippen MR) is 79.3 cm³/mol. The van der Waals surface area contributed by atoms with Gasteiger partial charge in [-0.05, 0) is 12.5 Å². The molecule has 1 saturated heterocycles. The molecular weight excluding hydrogens is 271 g/mol. The fourth-order valence-electron chi connectivity index (χ4n) is 2.71. The lowest BCUT2D eigenvalue weighted by molar-refractivity contribution is -0.130. The highest BCUT2D eigenvalue weighted by molar-refractivity contribution is 5.75. The Hall–Kier alpha value is -1.46. The van der Waals surface area contributed by atoms with Gasteiger partial charge in [0.2, 0.25) is 5.91 Å². The van der Waals surface area contributed by atoms with E-state index in [1.165, 1.54) is 6.07 Å². The second-order valence-electron chi connectivity index (χ2n) is 5.43. The monoisotopic (exact) mass is 294 g/mol. The van der Waals surface area contributed by atoms with E-state index in [2.05, 4.69) is 4.90 Å². The van der Waals surface area contributed by atoms with Crippen LogP contribution in [0.3, 0.4) is 0 Å². The predicted octanol–water partition coefficient (Wildman–Crippen LogP) is 1.80. The standard InChI is InChI=1S/C16H23FN2O2/c1-2-16(21)19-9-5-8-18(10-11-19)12-15(20)13-6-3-4-7-14(13)17/h3-4,6-7,15,20H,2,5,8-12H2,1H3. The van der Waals surface area contributed by atoms with Crippen LogP contribution in [0.1, 0.15) is 31.4 Å². The molecule has 1 aromatic rings. The van der Waals surface area contributed by atoms with Crippen LogP contribution in [0.2, 0.25) is 0 Å². The van der Waals surface area contributed by atoms with Crippen molar-refractivity contribution in [3.05, 3.63) is 35.6 Å². The van der Waals surface area contributed by atoms with Crippen LogP contribution in [0.4, 0.5) is 4.39 Å². The lowest BCUT2D eigenvalue weighted by Crippen LogP contribution is -2.36. The maximum Gasteiger partial charge on any atom is 0.222 e. The van der Waals surface area contributed by atoms with Crippen LogP contribution in [0.5, 0.6) is 0 Å². The molecule has 1 fully saturated rings. The van der Waals surface area contributed by atoms with Crippen molar-refractivity contribution in [2.75, 3.05) is 32.7 Å². The Morgan fingerprint density at radius 1 is 1.29 bits per heavy atom. The summed E-state index contributed by atoms with van der Waals surface area (Å²) in [5.74, 6) is -0.200. The van der Waals surface area contributed by atoms with E-state index in [0.717, 1.165) is 26.1 Å². The van der Waals surface area contributed by atoms with Crippen molar-refractivity contribution in [3.8, 4) is 0 Å². The third-order valence-electron chi connectivity index (χ3n) is 3.94. The molecule has 0 aromatic heterocycles. The fourth-order valence-corrected chi connectivity index (χ4v) is 2.71. The number of aliphatic hydroxyl groups is 1. The van der Waals surface area contributed by atoms with Gasteiger partial charge in [0.1, 0.15) is 5.82 Å². The Kier molecular flexibility index (Phi) is 5.70. The van der Waals surface area contributed by atoms with Gasteiger partial charge in [0.05, 0.1) is 6.10 Å². The summed E-state index contributed by atoms with van der Waals surface area (Å²) in [6.07, 6.45) is 0.577. The van der Waals surface area contributed by atoms with Crippen molar-refractivity contribution >= 4 is 5.91 Å². The fraction of sp³-hybridized carbons (Fsp3) is 0.562. The summed E-state index contributed by atoms with van der Waals surface area (Å²) in [6.45, 7) is 5.24. The Bertz CT molecular complexity index is 481. The smallest absolute Gasteiger partial charge is 0.222 e. The minimum Gasteiger partial charge on any atom is -0.387 e. The molecule has 1 aromatic carbocycles. The molecule has 0 bridgehead atoms. The molecule has 1 aliphatic heterocycles. The van der Waals surface area contributed by atoms with Gasteiger partial charge < -0.3 is 10.0 Å². The molecule has 1 unspecified atom stereocenters. The van der Waals surface area contributed by atoms with E-state index in [4.69, 9.17) is 0 Å². The highest BCUT2D eigenvalue weighted by Crippen LogP contribution is 2.18. The third-order valence-corrected chi connectivity index (χ3v) is 3.94. The molecule has 0 radical (unpaired) electrons. The van der Waals surface area contributed by atoms with Crippen molar-refractivity contribution < 1.29 is 14.3 Å². The van der Waals surface area contributed by atoms with Crippen molar-refractivity contribution in [2.45, 2.75) is 25.9 Å². The number of aliphatic hydroxyl groups excluding tert-OH is 1. The summed E-state index contributed by atoms with van der Waals surface area (Å²) in [6, 6.07) is 6.32.